The van der Waals surface area contributed by atoms with E-state index >= 15 is 0 Å². The Hall–Kier alpha value is -0.170. The van der Waals surface area contributed by atoms with Crippen molar-refractivity contribution in [2.45, 2.75) is 20.0 Å². The van der Waals surface area contributed by atoms with Crippen molar-refractivity contribution < 1.29 is 4.42 Å². The van der Waals surface area contributed by atoms with Gasteiger partial charge in [0.15, 0.2) is 4.67 Å². The van der Waals surface area contributed by atoms with Gasteiger partial charge in [-0.05, 0) is 44.8 Å². The van der Waals surface area contributed by atoms with Gasteiger partial charge >= 0.3 is 0 Å². The van der Waals surface area contributed by atoms with Crippen LogP contribution in [0.15, 0.2) is 25.8 Å². The summed E-state index contributed by atoms with van der Waals surface area (Å²) >= 11 is 8.40. The highest BCUT2D eigenvalue weighted by Gasteiger charge is 2.05. The van der Waals surface area contributed by atoms with Gasteiger partial charge in [0.1, 0.15) is 5.76 Å². The maximum absolute atomic E-state index is 5.45. The van der Waals surface area contributed by atoms with Crippen molar-refractivity contribution in [2.24, 2.45) is 0 Å². The Morgan fingerprint density at radius 1 is 1.44 bits per heavy atom. The zero-order chi connectivity index (χ0) is 11.5. The number of hydrogen-bond donors (Lipinski definition) is 1. The minimum absolute atomic E-state index is 0.709. The van der Waals surface area contributed by atoms with E-state index in [-0.39, 0.29) is 0 Å². The van der Waals surface area contributed by atoms with E-state index in [0.29, 0.717) is 6.54 Å². The molecule has 0 aliphatic carbocycles. The minimum Gasteiger partial charge on any atom is -0.452 e. The van der Waals surface area contributed by atoms with Gasteiger partial charge in [0.25, 0.3) is 0 Å². The first kappa shape index (κ1) is 12.3. The standard InChI is InChI=1S/C10H10Br2N2OS/c1-6-14-5-8(16-6)4-13-3-7-2-9(11)10(12)15-7/h2,5,13H,3-4H2,1H3. The molecule has 2 aromatic heterocycles. The molecule has 6 heteroatoms. The molecular weight excluding hydrogens is 356 g/mol. The van der Waals surface area contributed by atoms with Crippen molar-refractivity contribution in [1.82, 2.24) is 10.3 Å². The molecule has 2 heterocycles. The van der Waals surface area contributed by atoms with Gasteiger partial charge in [0, 0.05) is 17.6 Å². The smallest absolute Gasteiger partial charge is 0.183 e. The van der Waals surface area contributed by atoms with Crippen molar-refractivity contribution >= 4 is 43.2 Å². The van der Waals surface area contributed by atoms with Crippen molar-refractivity contribution in [1.29, 1.82) is 0 Å². The molecule has 0 aliphatic heterocycles. The highest BCUT2D eigenvalue weighted by molar-refractivity contribution is 9.13. The summed E-state index contributed by atoms with van der Waals surface area (Å²) in [6.45, 7) is 3.54. The largest absolute Gasteiger partial charge is 0.452 e. The van der Waals surface area contributed by atoms with Gasteiger partial charge in [-0.15, -0.1) is 11.3 Å². The SMILES string of the molecule is Cc1ncc(CNCc2cc(Br)c(Br)o2)s1. The van der Waals surface area contributed by atoms with E-state index in [4.69, 9.17) is 4.42 Å². The zero-order valence-electron chi connectivity index (χ0n) is 8.59. The second-order valence-corrected chi connectivity index (χ2v) is 6.18. The molecule has 0 saturated carbocycles. The van der Waals surface area contributed by atoms with Crippen LogP contribution in [0, 0.1) is 6.92 Å². The van der Waals surface area contributed by atoms with Crippen LogP contribution in [-0.2, 0) is 13.1 Å². The first-order valence-electron chi connectivity index (χ1n) is 4.71. The summed E-state index contributed by atoms with van der Waals surface area (Å²) in [7, 11) is 0. The summed E-state index contributed by atoms with van der Waals surface area (Å²) < 4.78 is 7.13. The lowest BCUT2D eigenvalue weighted by atomic mass is 10.4. The van der Waals surface area contributed by atoms with E-state index in [1.54, 1.807) is 11.3 Å². The van der Waals surface area contributed by atoms with E-state index in [1.807, 2.05) is 19.2 Å². The predicted octanol–water partition coefficient (Wildman–Crippen LogP) is 3.86. The van der Waals surface area contributed by atoms with Crippen molar-refractivity contribution in [3.05, 3.63) is 37.1 Å². The van der Waals surface area contributed by atoms with Crippen molar-refractivity contribution in [3.63, 3.8) is 0 Å². The Morgan fingerprint density at radius 2 is 2.25 bits per heavy atom. The highest BCUT2D eigenvalue weighted by atomic mass is 79.9. The summed E-state index contributed by atoms with van der Waals surface area (Å²) in [5.41, 5.74) is 0. The van der Waals surface area contributed by atoms with Crippen LogP contribution in [0.2, 0.25) is 0 Å². The molecule has 0 radical (unpaired) electrons. The van der Waals surface area contributed by atoms with Gasteiger partial charge in [-0.3, -0.25) is 0 Å². The Balaban J connectivity index is 1.84. The number of halogens is 2. The van der Waals surface area contributed by atoms with Crippen LogP contribution < -0.4 is 5.32 Å². The maximum atomic E-state index is 5.45. The lowest BCUT2D eigenvalue weighted by Crippen LogP contribution is -2.10. The summed E-state index contributed by atoms with van der Waals surface area (Å²) in [6.07, 6.45) is 1.90. The van der Waals surface area contributed by atoms with E-state index in [9.17, 15) is 0 Å². The molecule has 2 rings (SSSR count). The van der Waals surface area contributed by atoms with Crippen LogP contribution in [0.3, 0.4) is 0 Å². The van der Waals surface area contributed by atoms with Gasteiger partial charge in [0.2, 0.25) is 0 Å². The topological polar surface area (TPSA) is 38.1 Å². The normalized spacial score (nSPS) is 10.9. The fourth-order valence-electron chi connectivity index (χ4n) is 1.27. The molecule has 86 valence electrons. The predicted molar refractivity (Wildman–Crippen MR) is 71.5 cm³/mol. The molecule has 0 unspecified atom stereocenters. The van der Waals surface area contributed by atoms with Gasteiger partial charge in [-0.25, -0.2) is 4.98 Å². The first-order chi connectivity index (χ1) is 7.65. The van der Waals surface area contributed by atoms with Gasteiger partial charge in [-0.1, -0.05) is 0 Å². The van der Waals surface area contributed by atoms with Crippen LogP contribution in [0.5, 0.6) is 0 Å². The average Bonchev–Trinajstić information content (AvgIpc) is 2.75. The number of furan rings is 1. The number of thiazole rings is 1. The molecule has 0 saturated heterocycles. The van der Waals surface area contributed by atoms with Crippen molar-refractivity contribution in [2.75, 3.05) is 0 Å². The fourth-order valence-corrected chi connectivity index (χ4v) is 2.70. The molecule has 0 aliphatic rings. The Labute approximate surface area is 115 Å². The fraction of sp³-hybridized carbons (Fsp3) is 0.300. The molecule has 0 aromatic carbocycles. The van der Waals surface area contributed by atoms with E-state index in [2.05, 4.69) is 42.2 Å². The lowest BCUT2D eigenvalue weighted by Gasteiger charge is -1.98. The third kappa shape index (κ3) is 3.16. The number of rotatable bonds is 4. The third-order valence-corrected chi connectivity index (χ3v) is 4.59. The summed E-state index contributed by atoms with van der Waals surface area (Å²) in [5, 5.41) is 4.40. The Kier molecular flexibility index (Phi) is 4.18. The molecule has 0 bridgehead atoms. The highest BCUT2D eigenvalue weighted by Crippen LogP contribution is 2.26. The summed E-state index contributed by atoms with van der Waals surface area (Å²) in [6, 6.07) is 1.95. The number of nitrogens with one attached hydrogen (secondary N) is 1. The van der Waals surface area contributed by atoms with Crippen LogP contribution in [0.4, 0.5) is 0 Å². The molecule has 3 nitrogen and oxygen atoms in total. The first-order valence-corrected chi connectivity index (χ1v) is 7.11. The monoisotopic (exact) mass is 364 g/mol. The summed E-state index contributed by atoms with van der Waals surface area (Å²) in [4.78, 5) is 5.44. The molecule has 1 N–H and O–H groups in total. The van der Waals surface area contributed by atoms with Crippen molar-refractivity contribution in [3.8, 4) is 0 Å². The van der Waals surface area contributed by atoms with E-state index < -0.39 is 0 Å². The van der Waals surface area contributed by atoms with Crippen LogP contribution in [-0.4, -0.2) is 4.98 Å². The molecule has 16 heavy (non-hydrogen) atoms. The minimum atomic E-state index is 0.709. The second-order valence-electron chi connectivity index (χ2n) is 3.28. The Bertz CT molecular complexity index is 461. The van der Waals surface area contributed by atoms with Gasteiger partial charge in [-0.2, -0.15) is 0 Å². The molecule has 2 aromatic rings. The lowest BCUT2D eigenvalue weighted by molar-refractivity contribution is 0.465. The molecule has 0 spiro atoms. The van der Waals surface area contributed by atoms with Gasteiger partial charge < -0.3 is 9.73 Å². The second kappa shape index (κ2) is 5.44. The van der Waals surface area contributed by atoms with Crippen LogP contribution in [0.1, 0.15) is 15.6 Å². The van der Waals surface area contributed by atoms with E-state index in [1.165, 1.54) is 4.88 Å². The summed E-state index contributed by atoms with van der Waals surface area (Å²) in [5.74, 6) is 0.903. The average molecular weight is 366 g/mol. The third-order valence-electron chi connectivity index (χ3n) is 1.96. The van der Waals surface area contributed by atoms with E-state index in [0.717, 1.165) is 26.5 Å². The Morgan fingerprint density at radius 3 is 2.81 bits per heavy atom. The van der Waals surface area contributed by atoms with Crippen LogP contribution in [0.25, 0.3) is 0 Å². The quantitative estimate of drug-likeness (QED) is 0.893. The van der Waals surface area contributed by atoms with Gasteiger partial charge in [0.05, 0.1) is 16.0 Å². The molecular formula is C10H10Br2N2OS. The number of nitrogens with zero attached hydrogens (tertiary/aromatic N) is 1. The molecule has 0 atom stereocenters. The number of aryl methyl sites for hydroxylation is 1. The molecule has 0 amide bonds. The number of aromatic nitrogens is 1. The molecule has 0 fully saturated rings. The number of hydrogen-bond acceptors (Lipinski definition) is 4. The van der Waals surface area contributed by atoms with Crippen LogP contribution >= 0.6 is 43.2 Å². The maximum Gasteiger partial charge on any atom is 0.183 e. The zero-order valence-corrected chi connectivity index (χ0v) is 12.6.